The Morgan fingerprint density at radius 3 is 2.57 bits per heavy atom. The van der Waals surface area contributed by atoms with Crippen molar-refractivity contribution in [1.29, 1.82) is 5.26 Å². The Kier molecular flexibility index (Phi) is 10.4. The van der Waals surface area contributed by atoms with Crippen molar-refractivity contribution in [3.8, 4) is 11.8 Å². The quantitative estimate of drug-likeness (QED) is 0.175. The zero-order chi connectivity index (χ0) is 32.0. The lowest BCUT2D eigenvalue weighted by atomic mass is 9.89. The lowest BCUT2D eigenvalue weighted by Crippen LogP contribution is -2.56. The molecule has 3 aromatic rings. The van der Waals surface area contributed by atoms with Gasteiger partial charge in [0.2, 0.25) is 11.8 Å². The van der Waals surface area contributed by atoms with Gasteiger partial charge in [-0.15, -0.1) is 0 Å². The summed E-state index contributed by atoms with van der Waals surface area (Å²) in [6, 6.07) is 9.27. The van der Waals surface area contributed by atoms with Crippen molar-refractivity contribution in [3.05, 3.63) is 53.5 Å². The van der Waals surface area contributed by atoms with Crippen molar-refractivity contribution in [1.82, 2.24) is 31.2 Å². The maximum atomic E-state index is 13.8. The lowest BCUT2D eigenvalue weighted by molar-refractivity contribution is -0.126. The zero-order valence-electron chi connectivity index (χ0n) is 26.5. The Morgan fingerprint density at radius 1 is 1.18 bits per heavy atom. The first-order valence-corrected chi connectivity index (χ1v) is 15.2. The maximum Gasteiger partial charge on any atom is 0.268 e. The smallest absolute Gasteiger partial charge is 0.268 e. The molecule has 0 spiro atoms. The van der Waals surface area contributed by atoms with E-state index >= 15 is 0 Å². The molecule has 236 valence electrons. The topological polar surface area (TPSA) is 164 Å². The van der Waals surface area contributed by atoms with E-state index in [1.807, 2.05) is 38.2 Å². The SMILES string of the molecule is COc1cccc2[nH]c(C(=O)NC(CC(C)C)C(=O)NC(CC3CCNC3=O)C(C#N)NCc3cc(C(C)(C)C)c[nH]3)cc12. The van der Waals surface area contributed by atoms with Crippen LogP contribution in [0.5, 0.6) is 5.75 Å². The Bertz CT molecular complexity index is 1510. The molecule has 44 heavy (non-hydrogen) atoms. The predicted octanol–water partition coefficient (Wildman–Crippen LogP) is 3.64. The summed E-state index contributed by atoms with van der Waals surface area (Å²) >= 11 is 0. The number of H-pyrrole nitrogens is 2. The van der Waals surface area contributed by atoms with E-state index < -0.39 is 29.9 Å². The van der Waals surface area contributed by atoms with Crippen LogP contribution in [0.4, 0.5) is 0 Å². The first kappa shape index (κ1) is 32.6. The second kappa shape index (κ2) is 14.0. The average molecular weight is 604 g/mol. The minimum atomic E-state index is -0.854. The zero-order valence-corrected chi connectivity index (χ0v) is 26.5. The molecule has 3 heterocycles. The molecule has 0 saturated carbocycles. The molecule has 11 nitrogen and oxygen atoms in total. The average Bonchev–Trinajstić information content (AvgIpc) is 3.72. The highest BCUT2D eigenvalue weighted by Crippen LogP contribution is 2.26. The second-order valence-corrected chi connectivity index (χ2v) is 13.0. The minimum absolute atomic E-state index is 0.0233. The number of nitrogens with zero attached hydrogens (tertiary/aromatic N) is 1. The molecule has 3 amide bonds. The number of fused-ring (bicyclic) bond motifs is 1. The number of ether oxygens (including phenoxy) is 1. The summed E-state index contributed by atoms with van der Waals surface area (Å²) in [7, 11) is 1.57. The molecule has 1 aromatic carbocycles. The highest BCUT2D eigenvalue weighted by atomic mass is 16.5. The van der Waals surface area contributed by atoms with Crippen LogP contribution in [0.3, 0.4) is 0 Å². The third-order valence-corrected chi connectivity index (χ3v) is 8.11. The van der Waals surface area contributed by atoms with Gasteiger partial charge in [-0.2, -0.15) is 5.26 Å². The van der Waals surface area contributed by atoms with E-state index in [9.17, 15) is 19.6 Å². The molecule has 1 aliphatic rings. The molecule has 0 aliphatic carbocycles. The van der Waals surface area contributed by atoms with Gasteiger partial charge in [-0.05, 0) is 60.4 Å². The summed E-state index contributed by atoms with van der Waals surface area (Å²) in [5.41, 5.74) is 3.09. The second-order valence-electron chi connectivity index (χ2n) is 13.0. The number of rotatable bonds is 13. The van der Waals surface area contributed by atoms with Gasteiger partial charge < -0.3 is 30.7 Å². The predicted molar refractivity (Wildman–Crippen MR) is 169 cm³/mol. The van der Waals surface area contributed by atoms with Crippen LogP contribution >= 0.6 is 0 Å². The number of hydrogen-bond acceptors (Lipinski definition) is 6. The molecule has 4 atom stereocenters. The summed E-state index contributed by atoms with van der Waals surface area (Å²) in [6.45, 7) is 11.3. The van der Waals surface area contributed by atoms with Crippen molar-refractivity contribution in [3.63, 3.8) is 0 Å². The fraction of sp³-hybridized carbons (Fsp3) is 0.515. The van der Waals surface area contributed by atoms with E-state index in [1.54, 1.807) is 13.2 Å². The molecule has 6 N–H and O–H groups in total. The Balaban J connectivity index is 1.51. The van der Waals surface area contributed by atoms with Gasteiger partial charge in [0.05, 0.1) is 19.2 Å². The number of benzene rings is 1. The summed E-state index contributed by atoms with van der Waals surface area (Å²) in [5.74, 6) is -0.496. The lowest BCUT2D eigenvalue weighted by Gasteiger charge is -2.28. The highest BCUT2D eigenvalue weighted by molar-refractivity contribution is 6.01. The monoisotopic (exact) mass is 603 g/mol. The summed E-state index contributed by atoms with van der Waals surface area (Å²) in [5, 5.41) is 23.0. The fourth-order valence-corrected chi connectivity index (χ4v) is 5.58. The molecule has 1 fully saturated rings. The molecule has 0 radical (unpaired) electrons. The number of aromatic amines is 2. The van der Waals surface area contributed by atoms with Crippen molar-refractivity contribution in [2.24, 2.45) is 11.8 Å². The highest BCUT2D eigenvalue weighted by Gasteiger charge is 2.34. The Morgan fingerprint density at radius 2 is 1.95 bits per heavy atom. The van der Waals surface area contributed by atoms with Crippen LogP contribution in [0.15, 0.2) is 36.5 Å². The minimum Gasteiger partial charge on any atom is -0.496 e. The van der Waals surface area contributed by atoms with E-state index in [2.05, 4.69) is 64.1 Å². The molecule has 11 heteroatoms. The maximum absolute atomic E-state index is 13.8. The molecule has 1 aliphatic heterocycles. The number of aromatic nitrogens is 2. The van der Waals surface area contributed by atoms with Crippen molar-refractivity contribution >= 4 is 28.6 Å². The van der Waals surface area contributed by atoms with Gasteiger partial charge in [-0.1, -0.05) is 40.7 Å². The van der Waals surface area contributed by atoms with Crippen LogP contribution in [0.2, 0.25) is 0 Å². The van der Waals surface area contributed by atoms with Gasteiger partial charge in [0.15, 0.2) is 0 Å². The van der Waals surface area contributed by atoms with Gasteiger partial charge in [-0.25, -0.2) is 0 Å². The standard InChI is InChI=1S/C33H45N7O4/c1-19(2)12-26(40-32(43)27-15-23-24(38-27)8-7-9-29(23)44-6)31(42)39-25(13-20-10-11-35-30(20)41)28(16-34)37-18-22-14-21(17-36-22)33(3,4)5/h7-9,14-15,17,19-20,25-26,28,36-38H,10-13,18H2,1-6H3,(H,35,41)(H,39,42)(H,40,43). The normalized spacial score (nSPS) is 17.1. The van der Waals surface area contributed by atoms with Gasteiger partial charge >= 0.3 is 0 Å². The molecule has 4 unspecified atom stereocenters. The summed E-state index contributed by atoms with van der Waals surface area (Å²) in [6.07, 6.45) is 3.28. The number of hydrogen-bond donors (Lipinski definition) is 6. The number of carbonyl (C=O) groups is 3. The number of methoxy groups -OCH3 is 1. The van der Waals surface area contributed by atoms with E-state index in [0.717, 1.165) is 22.2 Å². The van der Waals surface area contributed by atoms with Gasteiger partial charge in [0.25, 0.3) is 5.91 Å². The van der Waals surface area contributed by atoms with Gasteiger partial charge in [0, 0.05) is 41.8 Å². The third-order valence-electron chi connectivity index (χ3n) is 8.11. The molecule has 0 bridgehead atoms. The molecule has 2 aromatic heterocycles. The van der Waals surface area contributed by atoms with Crippen LogP contribution in [0.1, 0.15) is 75.6 Å². The van der Waals surface area contributed by atoms with Crippen LogP contribution in [0, 0.1) is 23.2 Å². The fourth-order valence-electron chi connectivity index (χ4n) is 5.58. The van der Waals surface area contributed by atoms with Gasteiger partial charge in [0.1, 0.15) is 23.5 Å². The van der Waals surface area contributed by atoms with Gasteiger partial charge in [-0.3, -0.25) is 19.7 Å². The number of carbonyl (C=O) groups excluding carboxylic acids is 3. The van der Waals surface area contributed by atoms with E-state index in [4.69, 9.17) is 4.74 Å². The van der Waals surface area contributed by atoms with E-state index in [-0.39, 0.29) is 23.2 Å². The number of nitrogens with one attached hydrogen (secondary N) is 6. The third kappa shape index (κ3) is 7.99. The van der Waals surface area contributed by atoms with E-state index in [0.29, 0.717) is 43.8 Å². The largest absolute Gasteiger partial charge is 0.496 e. The van der Waals surface area contributed by atoms with E-state index in [1.165, 1.54) is 0 Å². The molecule has 4 rings (SSSR count). The molecular formula is C33H45N7O4. The van der Waals surface area contributed by atoms with Crippen molar-refractivity contribution in [2.75, 3.05) is 13.7 Å². The molecule has 1 saturated heterocycles. The van der Waals surface area contributed by atoms with Crippen molar-refractivity contribution in [2.45, 2.75) is 84.0 Å². The van der Waals surface area contributed by atoms with Crippen LogP contribution in [-0.4, -0.2) is 59.5 Å². The first-order chi connectivity index (χ1) is 20.9. The van der Waals surface area contributed by atoms with Crippen molar-refractivity contribution < 1.29 is 19.1 Å². The Hall–Kier alpha value is -4.30. The van der Waals surface area contributed by atoms with Crippen LogP contribution in [0.25, 0.3) is 10.9 Å². The number of nitriles is 1. The number of amides is 3. The summed E-state index contributed by atoms with van der Waals surface area (Å²) in [4.78, 5) is 46.0. The van der Waals surface area contributed by atoms with Crippen LogP contribution < -0.4 is 26.0 Å². The Labute approximate surface area is 258 Å². The van der Waals surface area contributed by atoms with Crippen LogP contribution in [-0.2, 0) is 21.5 Å². The molecular weight excluding hydrogens is 558 g/mol. The first-order valence-electron chi connectivity index (χ1n) is 15.2. The summed E-state index contributed by atoms with van der Waals surface area (Å²) < 4.78 is 5.42.